The lowest BCUT2D eigenvalue weighted by Gasteiger charge is -2.20. The molecule has 0 radical (unpaired) electrons. The van der Waals surface area contributed by atoms with Gasteiger partial charge in [-0.2, -0.15) is 5.10 Å². The Morgan fingerprint density at radius 3 is 2.71 bits per heavy atom. The lowest BCUT2D eigenvalue weighted by atomic mass is 10.1. The van der Waals surface area contributed by atoms with E-state index in [0.29, 0.717) is 18.1 Å². The minimum Gasteiger partial charge on any atom is -0.329 e. The standard InChI is InChI=1S/C19H18ClN3O/c1-3-11-22(13-15-9-7-14(2)8-10-15)19(24)18-17(20)16-6-4-5-12-23(16)21-18/h3-10,12H,1,11,13H2,2H3. The summed E-state index contributed by atoms with van der Waals surface area (Å²) >= 11 is 6.36. The zero-order chi connectivity index (χ0) is 17.1. The number of amides is 1. The van der Waals surface area contributed by atoms with Crippen molar-refractivity contribution < 1.29 is 4.79 Å². The molecule has 0 aliphatic carbocycles. The van der Waals surface area contributed by atoms with E-state index in [2.05, 4.69) is 11.7 Å². The number of rotatable bonds is 5. The molecule has 1 amide bonds. The van der Waals surface area contributed by atoms with Gasteiger partial charge in [0.25, 0.3) is 5.91 Å². The number of pyridine rings is 1. The summed E-state index contributed by atoms with van der Waals surface area (Å²) in [7, 11) is 0. The van der Waals surface area contributed by atoms with Crippen molar-refractivity contribution >= 4 is 23.0 Å². The Kier molecular flexibility index (Phi) is 4.67. The first kappa shape index (κ1) is 16.3. The molecule has 1 aromatic carbocycles. The second-order valence-corrected chi connectivity index (χ2v) is 6.03. The minimum atomic E-state index is -0.204. The van der Waals surface area contributed by atoms with E-state index in [9.17, 15) is 4.79 Å². The Morgan fingerprint density at radius 1 is 1.29 bits per heavy atom. The van der Waals surface area contributed by atoms with Crippen LogP contribution in [-0.2, 0) is 6.54 Å². The molecule has 4 nitrogen and oxygen atoms in total. The van der Waals surface area contributed by atoms with E-state index in [1.165, 1.54) is 5.56 Å². The van der Waals surface area contributed by atoms with Crippen LogP contribution in [0.15, 0.2) is 61.3 Å². The number of carbonyl (C=O) groups excluding carboxylic acids is 1. The first-order valence-electron chi connectivity index (χ1n) is 7.68. The van der Waals surface area contributed by atoms with Crippen molar-refractivity contribution in [3.63, 3.8) is 0 Å². The minimum absolute atomic E-state index is 0.204. The van der Waals surface area contributed by atoms with Crippen LogP contribution in [0.2, 0.25) is 5.02 Å². The SMILES string of the molecule is C=CCN(Cc1ccc(C)cc1)C(=O)c1nn2ccccc2c1Cl. The average molecular weight is 340 g/mol. The largest absolute Gasteiger partial charge is 0.329 e. The van der Waals surface area contributed by atoms with Crippen LogP contribution in [0.1, 0.15) is 21.6 Å². The highest BCUT2D eigenvalue weighted by Gasteiger charge is 2.23. The Balaban J connectivity index is 1.91. The summed E-state index contributed by atoms with van der Waals surface area (Å²) < 4.78 is 1.62. The molecule has 0 bridgehead atoms. The van der Waals surface area contributed by atoms with E-state index >= 15 is 0 Å². The predicted molar refractivity (Wildman–Crippen MR) is 96.3 cm³/mol. The number of carbonyl (C=O) groups is 1. The first-order chi connectivity index (χ1) is 11.6. The smallest absolute Gasteiger partial charge is 0.276 e. The second kappa shape index (κ2) is 6.89. The van der Waals surface area contributed by atoms with Crippen LogP contribution in [0.5, 0.6) is 0 Å². The summed E-state index contributed by atoms with van der Waals surface area (Å²) in [5.74, 6) is -0.204. The van der Waals surface area contributed by atoms with Gasteiger partial charge >= 0.3 is 0 Å². The Bertz CT molecular complexity index is 883. The van der Waals surface area contributed by atoms with Crippen LogP contribution in [0.4, 0.5) is 0 Å². The van der Waals surface area contributed by atoms with E-state index < -0.39 is 0 Å². The summed E-state index contributed by atoms with van der Waals surface area (Å²) in [5.41, 5.74) is 3.22. The number of aromatic nitrogens is 2. The molecule has 0 spiro atoms. The maximum Gasteiger partial charge on any atom is 0.276 e. The van der Waals surface area contributed by atoms with E-state index in [4.69, 9.17) is 11.6 Å². The van der Waals surface area contributed by atoms with Gasteiger partial charge < -0.3 is 4.90 Å². The van der Waals surface area contributed by atoms with Crippen molar-refractivity contribution in [3.8, 4) is 0 Å². The number of halogens is 1. The molecule has 3 rings (SSSR count). The highest BCUT2D eigenvalue weighted by Crippen LogP contribution is 2.23. The van der Waals surface area contributed by atoms with Crippen molar-refractivity contribution in [2.24, 2.45) is 0 Å². The number of hydrogen-bond donors (Lipinski definition) is 0. The van der Waals surface area contributed by atoms with Gasteiger partial charge in [-0.25, -0.2) is 4.52 Å². The first-order valence-corrected chi connectivity index (χ1v) is 8.06. The molecular formula is C19H18ClN3O. The normalized spacial score (nSPS) is 10.8. The van der Waals surface area contributed by atoms with E-state index in [1.807, 2.05) is 49.4 Å². The molecule has 2 aromatic heterocycles. The van der Waals surface area contributed by atoms with Gasteiger partial charge in [-0.1, -0.05) is 53.6 Å². The quantitative estimate of drug-likeness (QED) is 0.656. The van der Waals surface area contributed by atoms with Gasteiger partial charge in [0, 0.05) is 19.3 Å². The summed E-state index contributed by atoms with van der Waals surface area (Å²) in [6.07, 6.45) is 3.48. The summed E-state index contributed by atoms with van der Waals surface area (Å²) in [4.78, 5) is 14.6. The Labute approximate surface area is 146 Å². The van der Waals surface area contributed by atoms with Gasteiger partial charge in [-0.3, -0.25) is 4.79 Å². The molecule has 3 aromatic rings. The van der Waals surface area contributed by atoms with Crippen molar-refractivity contribution in [3.05, 3.63) is 83.2 Å². The highest BCUT2D eigenvalue weighted by atomic mass is 35.5. The van der Waals surface area contributed by atoms with Gasteiger partial charge in [0.15, 0.2) is 5.69 Å². The molecule has 2 heterocycles. The fourth-order valence-corrected chi connectivity index (χ4v) is 2.81. The lowest BCUT2D eigenvalue weighted by molar-refractivity contribution is 0.0756. The number of hydrogen-bond acceptors (Lipinski definition) is 2. The van der Waals surface area contributed by atoms with Gasteiger partial charge in [-0.05, 0) is 24.6 Å². The third kappa shape index (κ3) is 3.19. The maximum absolute atomic E-state index is 12.9. The molecule has 0 unspecified atom stereocenters. The highest BCUT2D eigenvalue weighted by molar-refractivity contribution is 6.36. The predicted octanol–water partition coefficient (Wildman–Crippen LogP) is 4.12. The molecular weight excluding hydrogens is 322 g/mol. The second-order valence-electron chi connectivity index (χ2n) is 5.65. The van der Waals surface area contributed by atoms with Crippen LogP contribution < -0.4 is 0 Å². The van der Waals surface area contributed by atoms with E-state index in [1.54, 1.807) is 21.7 Å². The van der Waals surface area contributed by atoms with Crippen LogP contribution >= 0.6 is 11.6 Å². The van der Waals surface area contributed by atoms with Gasteiger partial charge in [0.05, 0.1) is 10.5 Å². The summed E-state index contributed by atoms with van der Waals surface area (Å²) in [6.45, 7) is 6.69. The van der Waals surface area contributed by atoms with E-state index in [0.717, 1.165) is 11.1 Å². The van der Waals surface area contributed by atoms with Crippen molar-refractivity contribution in [1.82, 2.24) is 14.5 Å². The molecule has 5 heteroatoms. The fourth-order valence-electron chi connectivity index (χ4n) is 2.54. The van der Waals surface area contributed by atoms with Gasteiger partial charge in [0.2, 0.25) is 0 Å². The number of fused-ring (bicyclic) bond motifs is 1. The molecule has 122 valence electrons. The van der Waals surface area contributed by atoms with E-state index in [-0.39, 0.29) is 11.6 Å². The Morgan fingerprint density at radius 2 is 2.04 bits per heavy atom. The zero-order valence-corrected chi connectivity index (χ0v) is 14.2. The van der Waals surface area contributed by atoms with Crippen LogP contribution in [0.25, 0.3) is 5.52 Å². The molecule has 0 aliphatic rings. The van der Waals surface area contributed by atoms with Gasteiger partial charge in [-0.15, -0.1) is 6.58 Å². The molecule has 0 atom stereocenters. The third-order valence-corrected chi connectivity index (χ3v) is 4.19. The van der Waals surface area contributed by atoms with Crippen molar-refractivity contribution in [2.45, 2.75) is 13.5 Å². The van der Waals surface area contributed by atoms with Crippen molar-refractivity contribution in [1.29, 1.82) is 0 Å². The maximum atomic E-state index is 12.9. The molecule has 0 saturated heterocycles. The molecule has 0 aliphatic heterocycles. The number of aryl methyl sites for hydroxylation is 1. The molecule has 0 fully saturated rings. The van der Waals surface area contributed by atoms with Crippen LogP contribution in [-0.4, -0.2) is 27.0 Å². The zero-order valence-electron chi connectivity index (χ0n) is 13.4. The summed E-state index contributed by atoms with van der Waals surface area (Å²) in [5, 5.41) is 4.70. The average Bonchev–Trinajstić information content (AvgIpc) is 2.93. The third-order valence-electron chi connectivity index (χ3n) is 3.81. The van der Waals surface area contributed by atoms with Gasteiger partial charge in [0.1, 0.15) is 0 Å². The van der Waals surface area contributed by atoms with Crippen molar-refractivity contribution in [2.75, 3.05) is 6.54 Å². The number of nitrogens with zero attached hydrogens (tertiary/aromatic N) is 3. The number of benzene rings is 1. The summed E-state index contributed by atoms with van der Waals surface area (Å²) in [6, 6.07) is 13.6. The Hall–Kier alpha value is -2.59. The molecule has 0 saturated carbocycles. The topological polar surface area (TPSA) is 37.6 Å². The van der Waals surface area contributed by atoms with Crippen LogP contribution in [0, 0.1) is 6.92 Å². The van der Waals surface area contributed by atoms with Crippen LogP contribution in [0.3, 0.4) is 0 Å². The monoisotopic (exact) mass is 339 g/mol. The fraction of sp³-hybridized carbons (Fsp3) is 0.158. The molecule has 0 N–H and O–H groups in total. The molecule has 24 heavy (non-hydrogen) atoms. The lowest BCUT2D eigenvalue weighted by Crippen LogP contribution is -2.31.